The standard InChI is InChI=1S/C24H31Cl2N3O4S/c1-5-27-24(31)18(3)28(16-19-10-6-7-11-21(19)26)23(30)14-9-15-29(34(4,32)33)22-13-8-12-20(25)17(22)2/h6-8,10-13,18H,5,9,14-16H2,1-4H3,(H,27,31)/t18-/m0/s1. The Morgan fingerprint density at radius 3 is 2.32 bits per heavy atom. The van der Waals surface area contributed by atoms with Crippen LogP contribution in [0.3, 0.4) is 0 Å². The summed E-state index contributed by atoms with van der Waals surface area (Å²) in [6.45, 7) is 5.93. The van der Waals surface area contributed by atoms with Gasteiger partial charge in [0.1, 0.15) is 6.04 Å². The highest BCUT2D eigenvalue weighted by atomic mass is 35.5. The van der Waals surface area contributed by atoms with Crippen LogP contribution in [-0.4, -0.2) is 50.5 Å². The summed E-state index contributed by atoms with van der Waals surface area (Å²) in [5.74, 6) is -0.537. The fourth-order valence-corrected chi connectivity index (χ4v) is 4.94. The first-order valence-electron chi connectivity index (χ1n) is 11.0. The van der Waals surface area contributed by atoms with Crippen LogP contribution < -0.4 is 9.62 Å². The maximum Gasteiger partial charge on any atom is 0.242 e. The Morgan fingerprint density at radius 2 is 1.71 bits per heavy atom. The molecule has 0 spiro atoms. The van der Waals surface area contributed by atoms with Crippen molar-refractivity contribution < 1.29 is 18.0 Å². The van der Waals surface area contributed by atoms with Crippen LogP contribution in [0.5, 0.6) is 0 Å². The minimum Gasteiger partial charge on any atom is -0.355 e. The van der Waals surface area contributed by atoms with E-state index in [1.54, 1.807) is 50.2 Å². The van der Waals surface area contributed by atoms with Gasteiger partial charge in [0.05, 0.1) is 11.9 Å². The normalized spacial score (nSPS) is 12.2. The summed E-state index contributed by atoms with van der Waals surface area (Å²) in [7, 11) is -3.60. The molecule has 1 atom stereocenters. The van der Waals surface area contributed by atoms with Gasteiger partial charge in [-0.1, -0.05) is 47.5 Å². The Morgan fingerprint density at radius 1 is 1.06 bits per heavy atom. The molecule has 0 radical (unpaired) electrons. The third-order valence-electron chi connectivity index (χ3n) is 5.48. The van der Waals surface area contributed by atoms with Gasteiger partial charge >= 0.3 is 0 Å². The summed E-state index contributed by atoms with van der Waals surface area (Å²) >= 11 is 12.5. The lowest BCUT2D eigenvalue weighted by atomic mass is 10.1. The van der Waals surface area contributed by atoms with Gasteiger partial charge in [0.15, 0.2) is 0 Å². The molecule has 0 fully saturated rings. The van der Waals surface area contributed by atoms with Crippen LogP contribution in [0.1, 0.15) is 37.8 Å². The minimum absolute atomic E-state index is 0.0554. The van der Waals surface area contributed by atoms with Crippen molar-refractivity contribution in [2.45, 2.75) is 46.2 Å². The Hall–Kier alpha value is -2.29. The topological polar surface area (TPSA) is 86.8 Å². The Labute approximate surface area is 212 Å². The predicted octanol–water partition coefficient (Wildman–Crippen LogP) is 4.40. The zero-order valence-electron chi connectivity index (χ0n) is 19.8. The quantitative estimate of drug-likeness (QED) is 0.469. The molecule has 0 saturated heterocycles. The number of hydrogen-bond acceptors (Lipinski definition) is 4. The second-order valence-electron chi connectivity index (χ2n) is 8.01. The van der Waals surface area contributed by atoms with E-state index in [0.29, 0.717) is 27.8 Å². The molecule has 186 valence electrons. The molecule has 0 heterocycles. The highest BCUT2D eigenvalue weighted by Crippen LogP contribution is 2.28. The molecule has 7 nitrogen and oxygen atoms in total. The second kappa shape index (κ2) is 12.4. The van der Waals surface area contributed by atoms with Gasteiger partial charge in [-0.2, -0.15) is 0 Å². The van der Waals surface area contributed by atoms with Crippen molar-refractivity contribution in [2.24, 2.45) is 0 Å². The van der Waals surface area contributed by atoms with Gasteiger partial charge in [0.25, 0.3) is 0 Å². The van der Waals surface area contributed by atoms with Crippen molar-refractivity contribution in [1.82, 2.24) is 10.2 Å². The second-order valence-corrected chi connectivity index (χ2v) is 10.7. The number of nitrogens with one attached hydrogen (secondary N) is 1. The van der Waals surface area contributed by atoms with Crippen LogP contribution in [0.15, 0.2) is 42.5 Å². The fourth-order valence-electron chi connectivity index (χ4n) is 3.56. The van der Waals surface area contributed by atoms with Crippen molar-refractivity contribution in [3.63, 3.8) is 0 Å². The van der Waals surface area contributed by atoms with E-state index < -0.39 is 16.1 Å². The zero-order chi connectivity index (χ0) is 25.5. The largest absolute Gasteiger partial charge is 0.355 e. The van der Waals surface area contributed by atoms with Crippen molar-refractivity contribution in [3.05, 3.63) is 63.6 Å². The van der Waals surface area contributed by atoms with Crippen LogP contribution >= 0.6 is 23.2 Å². The SMILES string of the molecule is CCNC(=O)[C@H](C)N(Cc1ccccc1Cl)C(=O)CCCN(c1cccc(Cl)c1C)S(C)(=O)=O. The highest BCUT2D eigenvalue weighted by Gasteiger charge is 2.27. The minimum atomic E-state index is -3.60. The molecule has 0 aliphatic carbocycles. The molecular formula is C24H31Cl2N3O4S. The van der Waals surface area contributed by atoms with Crippen molar-refractivity contribution >= 4 is 50.7 Å². The average Bonchev–Trinajstić information content (AvgIpc) is 2.77. The monoisotopic (exact) mass is 527 g/mol. The molecule has 0 unspecified atom stereocenters. The fraction of sp³-hybridized carbons (Fsp3) is 0.417. The van der Waals surface area contributed by atoms with Gasteiger partial charge in [-0.05, 0) is 56.5 Å². The lowest BCUT2D eigenvalue weighted by molar-refractivity contribution is -0.140. The number of sulfonamides is 1. The number of carbonyl (C=O) groups excluding carboxylic acids is 2. The van der Waals surface area contributed by atoms with E-state index in [1.807, 2.05) is 13.0 Å². The maximum absolute atomic E-state index is 13.2. The number of hydrogen-bond donors (Lipinski definition) is 1. The van der Waals surface area contributed by atoms with Crippen LogP contribution in [0, 0.1) is 6.92 Å². The molecule has 0 aromatic heterocycles. The molecule has 0 aliphatic rings. The number of benzene rings is 2. The maximum atomic E-state index is 13.2. The van der Waals surface area contributed by atoms with E-state index >= 15 is 0 Å². The van der Waals surface area contributed by atoms with Gasteiger partial charge in [-0.3, -0.25) is 13.9 Å². The predicted molar refractivity (Wildman–Crippen MR) is 138 cm³/mol. The van der Waals surface area contributed by atoms with Crippen molar-refractivity contribution in [1.29, 1.82) is 0 Å². The summed E-state index contributed by atoms with van der Waals surface area (Å²) in [5, 5.41) is 3.71. The van der Waals surface area contributed by atoms with Gasteiger partial charge in [0, 0.05) is 36.1 Å². The van der Waals surface area contributed by atoms with E-state index in [0.717, 1.165) is 11.8 Å². The van der Waals surface area contributed by atoms with E-state index in [4.69, 9.17) is 23.2 Å². The Bertz CT molecular complexity index is 1120. The summed E-state index contributed by atoms with van der Waals surface area (Å²) in [5.41, 5.74) is 1.85. The summed E-state index contributed by atoms with van der Waals surface area (Å²) in [6, 6.07) is 11.5. The van der Waals surface area contributed by atoms with Crippen molar-refractivity contribution in [2.75, 3.05) is 23.7 Å². The van der Waals surface area contributed by atoms with Gasteiger partial charge < -0.3 is 10.2 Å². The number of carbonyl (C=O) groups is 2. The van der Waals surface area contributed by atoms with E-state index in [9.17, 15) is 18.0 Å². The first-order chi connectivity index (χ1) is 16.0. The number of rotatable bonds is 11. The molecule has 2 rings (SSSR count). The Kier molecular flexibility index (Phi) is 10.2. The third kappa shape index (κ3) is 7.35. The van der Waals surface area contributed by atoms with E-state index in [1.165, 1.54) is 9.21 Å². The molecule has 34 heavy (non-hydrogen) atoms. The zero-order valence-corrected chi connectivity index (χ0v) is 22.2. The van der Waals surface area contributed by atoms with Crippen LogP contribution in [-0.2, 0) is 26.2 Å². The molecule has 0 aliphatic heterocycles. The summed E-state index contributed by atoms with van der Waals surface area (Å²) < 4.78 is 26.2. The number of nitrogens with zero attached hydrogens (tertiary/aromatic N) is 2. The number of amides is 2. The lowest BCUT2D eigenvalue weighted by Crippen LogP contribution is -2.47. The van der Waals surface area contributed by atoms with Crippen LogP contribution in [0.25, 0.3) is 0 Å². The van der Waals surface area contributed by atoms with E-state index in [-0.39, 0.29) is 37.7 Å². The summed E-state index contributed by atoms with van der Waals surface area (Å²) in [4.78, 5) is 27.2. The average molecular weight is 529 g/mol. The van der Waals surface area contributed by atoms with E-state index in [2.05, 4.69) is 5.32 Å². The molecule has 0 saturated carbocycles. The van der Waals surface area contributed by atoms with Crippen molar-refractivity contribution in [3.8, 4) is 0 Å². The molecule has 0 bridgehead atoms. The summed E-state index contributed by atoms with van der Waals surface area (Å²) in [6.07, 6.45) is 1.44. The number of likely N-dealkylation sites (N-methyl/N-ethyl adjacent to an activating group) is 1. The molecule has 2 aromatic carbocycles. The molecular weight excluding hydrogens is 497 g/mol. The molecule has 10 heteroatoms. The first-order valence-corrected chi connectivity index (χ1v) is 13.6. The smallest absolute Gasteiger partial charge is 0.242 e. The molecule has 1 N–H and O–H groups in total. The van der Waals surface area contributed by atoms with Crippen LogP contribution in [0.4, 0.5) is 5.69 Å². The van der Waals surface area contributed by atoms with Crippen LogP contribution in [0.2, 0.25) is 10.0 Å². The third-order valence-corrected chi connectivity index (χ3v) is 7.43. The van der Waals surface area contributed by atoms with Gasteiger partial charge in [-0.15, -0.1) is 0 Å². The Balaban J connectivity index is 2.20. The molecule has 2 aromatic rings. The molecule has 2 amide bonds. The number of halogens is 2. The first kappa shape index (κ1) is 28.0. The lowest BCUT2D eigenvalue weighted by Gasteiger charge is -2.30. The number of anilines is 1. The highest BCUT2D eigenvalue weighted by molar-refractivity contribution is 7.92. The van der Waals surface area contributed by atoms with Gasteiger partial charge in [-0.25, -0.2) is 8.42 Å². The van der Waals surface area contributed by atoms with Gasteiger partial charge in [0.2, 0.25) is 21.8 Å².